The number of benzene rings is 1. The SMILES string of the molecule is Cl.NCC1CCCC1NC(=O)c1cc([N+](=O)[O-])ccc1N. The molecule has 1 aromatic carbocycles. The molecule has 1 fully saturated rings. The van der Waals surface area contributed by atoms with Crippen molar-refractivity contribution in [3.8, 4) is 0 Å². The maximum absolute atomic E-state index is 12.2. The molecular formula is C13H19ClN4O3. The highest BCUT2D eigenvalue weighted by atomic mass is 35.5. The van der Waals surface area contributed by atoms with Crippen LogP contribution in [-0.4, -0.2) is 23.4 Å². The number of rotatable bonds is 4. The number of nitrogens with two attached hydrogens (primary N) is 2. The fraction of sp³-hybridized carbons (Fsp3) is 0.462. The van der Waals surface area contributed by atoms with Gasteiger partial charge in [-0.1, -0.05) is 6.42 Å². The van der Waals surface area contributed by atoms with Crippen molar-refractivity contribution in [1.29, 1.82) is 0 Å². The lowest BCUT2D eigenvalue weighted by atomic mass is 10.0. The first-order valence-electron chi connectivity index (χ1n) is 6.57. The summed E-state index contributed by atoms with van der Waals surface area (Å²) in [7, 11) is 0. The zero-order valence-corrected chi connectivity index (χ0v) is 12.3. The Labute approximate surface area is 128 Å². The van der Waals surface area contributed by atoms with Crippen LogP contribution in [0, 0.1) is 16.0 Å². The van der Waals surface area contributed by atoms with Gasteiger partial charge in [0, 0.05) is 23.9 Å². The van der Waals surface area contributed by atoms with E-state index in [9.17, 15) is 14.9 Å². The van der Waals surface area contributed by atoms with E-state index in [4.69, 9.17) is 11.5 Å². The summed E-state index contributed by atoms with van der Waals surface area (Å²) < 4.78 is 0. The minimum Gasteiger partial charge on any atom is -0.398 e. The Kier molecular flexibility index (Phi) is 5.92. The number of nitrogens with one attached hydrogen (secondary N) is 1. The third-order valence-corrected chi connectivity index (χ3v) is 3.77. The van der Waals surface area contributed by atoms with Gasteiger partial charge >= 0.3 is 0 Å². The molecule has 0 saturated heterocycles. The third-order valence-electron chi connectivity index (χ3n) is 3.77. The summed E-state index contributed by atoms with van der Waals surface area (Å²) in [6.07, 6.45) is 2.89. The van der Waals surface area contributed by atoms with Gasteiger partial charge in [-0.25, -0.2) is 0 Å². The molecule has 1 aliphatic rings. The fourth-order valence-electron chi connectivity index (χ4n) is 2.61. The van der Waals surface area contributed by atoms with Crippen LogP contribution < -0.4 is 16.8 Å². The second-order valence-corrected chi connectivity index (χ2v) is 5.04. The van der Waals surface area contributed by atoms with Crippen LogP contribution >= 0.6 is 12.4 Å². The second-order valence-electron chi connectivity index (χ2n) is 5.04. The molecule has 0 aromatic heterocycles. The molecule has 8 heteroatoms. The molecule has 1 amide bonds. The van der Waals surface area contributed by atoms with Gasteiger partial charge < -0.3 is 16.8 Å². The van der Waals surface area contributed by atoms with E-state index >= 15 is 0 Å². The summed E-state index contributed by atoms with van der Waals surface area (Å²) in [6, 6.07) is 3.88. The standard InChI is InChI=1S/C13H18N4O3.ClH/c14-7-8-2-1-3-12(8)16-13(18)10-6-9(17(19)20)4-5-11(10)15;/h4-6,8,12H,1-3,7,14-15H2,(H,16,18);1H. The van der Waals surface area contributed by atoms with Crippen LogP contribution in [0.15, 0.2) is 18.2 Å². The van der Waals surface area contributed by atoms with Crippen LogP contribution in [-0.2, 0) is 0 Å². The van der Waals surface area contributed by atoms with Crippen LogP contribution in [0.1, 0.15) is 29.6 Å². The molecule has 2 rings (SSSR count). The van der Waals surface area contributed by atoms with E-state index in [-0.39, 0.29) is 47.2 Å². The molecule has 0 aliphatic heterocycles. The number of hydrogen-bond donors (Lipinski definition) is 3. The summed E-state index contributed by atoms with van der Waals surface area (Å²) >= 11 is 0. The van der Waals surface area contributed by atoms with Crippen molar-refractivity contribution in [1.82, 2.24) is 5.32 Å². The van der Waals surface area contributed by atoms with E-state index < -0.39 is 4.92 Å². The molecule has 0 bridgehead atoms. The molecular weight excluding hydrogens is 296 g/mol. The van der Waals surface area contributed by atoms with Crippen molar-refractivity contribution in [3.63, 3.8) is 0 Å². The lowest BCUT2D eigenvalue weighted by molar-refractivity contribution is -0.384. The number of amides is 1. The number of non-ortho nitro benzene ring substituents is 1. The Morgan fingerprint density at radius 1 is 1.43 bits per heavy atom. The zero-order valence-electron chi connectivity index (χ0n) is 11.5. The van der Waals surface area contributed by atoms with Crippen LogP contribution in [0.25, 0.3) is 0 Å². The van der Waals surface area contributed by atoms with Gasteiger partial charge in [-0.05, 0) is 31.4 Å². The molecule has 0 radical (unpaired) electrons. The molecule has 21 heavy (non-hydrogen) atoms. The maximum Gasteiger partial charge on any atom is 0.270 e. The number of hydrogen-bond acceptors (Lipinski definition) is 5. The van der Waals surface area contributed by atoms with Crippen molar-refractivity contribution in [2.45, 2.75) is 25.3 Å². The average Bonchev–Trinajstić information content (AvgIpc) is 2.86. The van der Waals surface area contributed by atoms with Crippen molar-refractivity contribution < 1.29 is 9.72 Å². The lowest BCUT2D eigenvalue weighted by Gasteiger charge is -2.19. The van der Waals surface area contributed by atoms with Crippen molar-refractivity contribution in [2.75, 3.05) is 12.3 Å². The van der Waals surface area contributed by atoms with Gasteiger partial charge in [0.1, 0.15) is 0 Å². The lowest BCUT2D eigenvalue weighted by Crippen LogP contribution is -2.40. The molecule has 0 spiro atoms. The molecule has 2 atom stereocenters. The molecule has 1 aliphatic carbocycles. The third kappa shape index (κ3) is 3.83. The van der Waals surface area contributed by atoms with Gasteiger partial charge in [-0.2, -0.15) is 0 Å². The number of nitro benzene ring substituents is 1. The first-order valence-corrected chi connectivity index (χ1v) is 6.57. The smallest absolute Gasteiger partial charge is 0.270 e. The summed E-state index contributed by atoms with van der Waals surface area (Å²) in [5.74, 6) is -0.115. The maximum atomic E-state index is 12.2. The normalized spacial score (nSPS) is 20.6. The number of carbonyl (C=O) groups is 1. The first-order chi connectivity index (χ1) is 9.52. The summed E-state index contributed by atoms with van der Waals surface area (Å²) in [5.41, 5.74) is 11.6. The highest BCUT2D eigenvalue weighted by molar-refractivity contribution is 6.00. The summed E-state index contributed by atoms with van der Waals surface area (Å²) in [6.45, 7) is 0.523. The van der Waals surface area contributed by atoms with Gasteiger partial charge in [-0.3, -0.25) is 14.9 Å². The highest BCUT2D eigenvalue weighted by Gasteiger charge is 2.28. The number of anilines is 1. The van der Waals surface area contributed by atoms with E-state index in [1.807, 2.05) is 0 Å². The molecule has 7 nitrogen and oxygen atoms in total. The highest BCUT2D eigenvalue weighted by Crippen LogP contribution is 2.26. The number of carbonyl (C=O) groups excluding carboxylic acids is 1. The van der Waals surface area contributed by atoms with Crippen LogP contribution in [0.5, 0.6) is 0 Å². The number of nitrogens with zero attached hydrogens (tertiary/aromatic N) is 1. The molecule has 2 unspecified atom stereocenters. The predicted molar refractivity (Wildman–Crippen MR) is 82.4 cm³/mol. The van der Waals surface area contributed by atoms with Gasteiger partial charge in [0.2, 0.25) is 0 Å². The molecule has 1 saturated carbocycles. The largest absolute Gasteiger partial charge is 0.398 e. The Morgan fingerprint density at radius 2 is 2.14 bits per heavy atom. The molecule has 1 aromatic rings. The van der Waals surface area contributed by atoms with Gasteiger partial charge in [0.05, 0.1) is 10.5 Å². The average molecular weight is 315 g/mol. The van der Waals surface area contributed by atoms with Gasteiger partial charge in [0.25, 0.3) is 11.6 Å². The van der Waals surface area contributed by atoms with Crippen molar-refractivity contribution in [3.05, 3.63) is 33.9 Å². The van der Waals surface area contributed by atoms with Gasteiger partial charge in [-0.15, -0.1) is 12.4 Å². The number of nitro groups is 1. The number of halogens is 1. The Balaban J connectivity index is 0.00000220. The molecule has 116 valence electrons. The second kappa shape index (κ2) is 7.24. The minimum atomic E-state index is -0.547. The quantitative estimate of drug-likeness (QED) is 0.441. The monoisotopic (exact) mass is 314 g/mol. The topological polar surface area (TPSA) is 124 Å². The van der Waals surface area contributed by atoms with E-state index in [1.54, 1.807) is 0 Å². The van der Waals surface area contributed by atoms with Crippen molar-refractivity contribution in [2.24, 2.45) is 11.7 Å². The van der Waals surface area contributed by atoms with E-state index in [0.29, 0.717) is 6.54 Å². The van der Waals surface area contributed by atoms with Crippen molar-refractivity contribution >= 4 is 29.7 Å². The van der Waals surface area contributed by atoms with E-state index in [2.05, 4.69) is 5.32 Å². The summed E-state index contributed by atoms with van der Waals surface area (Å²) in [5, 5.41) is 13.6. The first kappa shape index (κ1) is 17.2. The predicted octanol–water partition coefficient (Wildman–Crippen LogP) is 1.46. The van der Waals surface area contributed by atoms with E-state index in [1.165, 1.54) is 18.2 Å². The van der Waals surface area contributed by atoms with Crippen LogP contribution in [0.2, 0.25) is 0 Å². The Morgan fingerprint density at radius 3 is 2.76 bits per heavy atom. The summed E-state index contributed by atoms with van der Waals surface area (Å²) in [4.78, 5) is 22.4. The zero-order chi connectivity index (χ0) is 14.7. The van der Waals surface area contributed by atoms with Gasteiger partial charge in [0.15, 0.2) is 0 Å². The van der Waals surface area contributed by atoms with E-state index in [0.717, 1.165) is 19.3 Å². The Hall–Kier alpha value is -1.86. The fourth-order valence-corrected chi connectivity index (χ4v) is 2.61. The molecule has 5 N–H and O–H groups in total. The minimum absolute atomic E-state index is 0. The van der Waals surface area contributed by atoms with Crippen LogP contribution in [0.3, 0.4) is 0 Å². The number of nitrogen functional groups attached to an aromatic ring is 1. The molecule has 0 heterocycles. The Bertz CT molecular complexity index is 538. The van der Waals surface area contributed by atoms with Crippen LogP contribution in [0.4, 0.5) is 11.4 Å².